The predicted octanol–water partition coefficient (Wildman–Crippen LogP) is 5.08. The van der Waals surface area contributed by atoms with Crippen molar-refractivity contribution >= 4 is 33.4 Å². The number of pyridine rings is 2. The van der Waals surface area contributed by atoms with Gasteiger partial charge in [0.05, 0.1) is 10.5 Å². The van der Waals surface area contributed by atoms with E-state index >= 15 is 0 Å². The van der Waals surface area contributed by atoms with Crippen LogP contribution in [-0.2, 0) is 5.75 Å². The minimum Gasteiger partial charge on any atom is -0.256 e. The lowest BCUT2D eigenvalue weighted by atomic mass is 10.1. The number of hydrogen-bond acceptors (Lipinski definition) is 3. The van der Waals surface area contributed by atoms with Crippen LogP contribution in [0.5, 0.6) is 0 Å². The molecule has 0 saturated heterocycles. The van der Waals surface area contributed by atoms with E-state index in [0.29, 0.717) is 0 Å². The molecule has 0 fully saturated rings. The highest BCUT2D eigenvalue weighted by molar-refractivity contribution is 7.98. The van der Waals surface area contributed by atoms with Crippen molar-refractivity contribution in [3.63, 3.8) is 0 Å². The largest absolute Gasteiger partial charge is 0.256 e. The molecule has 4 rings (SSSR count). The molecule has 0 aliphatic heterocycles. The summed E-state index contributed by atoms with van der Waals surface area (Å²) < 4.78 is 0. The third-order valence-electron chi connectivity index (χ3n) is 3.63. The van der Waals surface area contributed by atoms with Gasteiger partial charge in [0.1, 0.15) is 0 Å². The molecule has 0 amide bonds. The molecule has 2 aromatic heterocycles. The topological polar surface area (TPSA) is 25.8 Å². The zero-order valence-corrected chi connectivity index (χ0v) is 12.8. The molecule has 0 bridgehead atoms. The second-order valence-electron chi connectivity index (χ2n) is 5.19. The summed E-state index contributed by atoms with van der Waals surface area (Å²) in [5, 5.41) is 4.73. The Balaban J connectivity index is 1.66. The highest BCUT2D eigenvalue weighted by Crippen LogP contribution is 2.25. The Morgan fingerprint density at radius 3 is 2.41 bits per heavy atom. The van der Waals surface area contributed by atoms with E-state index in [0.717, 1.165) is 16.3 Å². The highest BCUT2D eigenvalue weighted by atomic mass is 32.2. The smallest absolute Gasteiger partial charge is 0.0963 e. The van der Waals surface area contributed by atoms with E-state index in [4.69, 9.17) is 0 Å². The highest BCUT2D eigenvalue weighted by Gasteiger charge is 2.02. The summed E-state index contributed by atoms with van der Waals surface area (Å²) in [6.07, 6.45) is 3.79. The number of rotatable bonds is 3. The Kier molecular flexibility index (Phi) is 3.49. The number of nitrogens with zero attached hydrogens (tertiary/aromatic N) is 2. The molecular formula is C19H14N2S. The van der Waals surface area contributed by atoms with Crippen molar-refractivity contribution in [1.82, 2.24) is 9.97 Å². The van der Waals surface area contributed by atoms with E-state index in [1.165, 1.54) is 21.7 Å². The van der Waals surface area contributed by atoms with Gasteiger partial charge in [-0.25, -0.2) is 4.98 Å². The minimum absolute atomic E-state index is 0.882. The first-order valence-electron chi connectivity index (χ1n) is 7.20. The second kappa shape index (κ2) is 5.78. The van der Waals surface area contributed by atoms with Crippen molar-refractivity contribution in [1.29, 1.82) is 0 Å². The van der Waals surface area contributed by atoms with Crippen LogP contribution in [0.25, 0.3) is 21.7 Å². The van der Waals surface area contributed by atoms with Gasteiger partial charge in [0.25, 0.3) is 0 Å². The monoisotopic (exact) mass is 302 g/mol. The molecule has 2 nitrogen and oxygen atoms in total. The first-order valence-corrected chi connectivity index (χ1v) is 8.18. The van der Waals surface area contributed by atoms with Gasteiger partial charge in [0, 0.05) is 23.5 Å². The molecular weight excluding hydrogens is 288 g/mol. The molecule has 106 valence electrons. The van der Waals surface area contributed by atoms with Crippen LogP contribution in [0.2, 0.25) is 0 Å². The Bertz CT molecular complexity index is 935. The molecule has 0 N–H and O–H groups in total. The zero-order valence-electron chi connectivity index (χ0n) is 11.9. The minimum atomic E-state index is 0.882. The summed E-state index contributed by atoms with van der Waals surface area (Å²) in [7, 11) is 0. The Labute approximate surface area is 133 Å². The molecule has 0 unspecified atom stereocenters. The molecule has 0 aliphatic carbocycles. The molecule has 2 heterocycles. The lowest BCUT2D eigenvalue weighted by molar-refractivity contribution is 1.13. The van der Waals surface area contributed by atoms with Crippen LogP contribution < -0.4 is 0 Å². The summed E-state index contributed by atoms with van der Waals surface area (Å²) in [5.74, 6) is 0.882. The van der Waals surface area contributed by atoms with Crippen LogP contribution in [0.4, 0.5) is 0 Å². The first kappa shape index (κ1) is 13.3. The third kappa shape index (κ3) is 2.68. The summed E-state index contributed by atoms with van der Waals surface area (Å²) in [4.78, 5) is 8.95. The predicted molar refractivity (Wildman–Crippen MR) is 93.0 cm³/mol. The number of aromatic nitrogens is 2. The van der Waals surface area contributed by atoms with Crippen molar-refractivity contribution in [2.45, 2.75) is 10.8 Å². The molecule has 2 aromatic carbocycles. The van der Waals surface area contributed by atoms with Crippen LogP contribution in [0.15, 0.2) is 78.1 Å². The average Bonchev–Trinajstić information content (AvgIpc) is 2.59. The van der Waals surface area contributed by atoms with Gasteiger partial charge in [0.2, 0.25) is 0 Å². The Morgan fingerprint density at radius 2 is 1.59 bits per heavy atom. The van der Waals surface area contributed by atoms with Crippen molar-refractivity contribution in [2.75, 3.05) is 0 Å². The van der Waals surface area contributed by atoms with Crippen LogP contribution in [0.1, 0.15) is 5.56 Å². The molecule has 22 heavy (non-hydrogen) atoms. The van der Waals surface area contributed by atoms with Gasteiger partial charge in [-0.05, 0) is 46.7 Å². The molecule has 0 atom stereocenters. The molecule has 3 heteroatoms. The number of benzene rings is 2. The van der Waals surface area contributed by atoms with Crippen LogP contribution >= 0.6 is 11.8 Å². The molecule has 4 aromatic rings. The Hall–Kier alpha value is -2.39. The van der Waals surface area contributed by atoms with Crippen LogP contribution in [-0.4, -0.2) is 9.97 Å². The van der Waals surface area contributed by atoms with Crippen LogP contribution in [0.3, 0.4) is 0 Å². The molecule has 0 saturated carbocycles. The summed E-state index contributed by atoms with van der Waals surface area (Å²) in [5.41, 5.74) is 2.27. The fraction of sp³-hybridized carbons (Fsp3) is 0.0526. The van der Waals surface area contributed by atoms with E-state index < -0.39 is 0 Å². The summed E-state index contributed by atoms with van der Waals surface area (Å²) in [6, 6.07) is 21.0. The zero-order chi connectivity index (χ0) is 14.8. The summed E-state index contributed by atoms with van der Waals surface area (Å²) >= 11 is 1.73. The van der Waals surface area contributed by atoms with Crippen molar-refractivity contribution in [3.05, 3.63) is 78.6 Å². The number of fused-ring (bicyclic) bond motifs is 2. The van der Waals surface area contributed by atoms with Gasteiger partial charge in [-0.2, -0.15) is 0 Å². The van der Waals surface area contributed by atoms with Gasteiger partial charge in [0.15, 0.2) is 0 Å². The normalized spacial score (nSPS) is 11.1. The standard InChI is InChI=1S/C19H14N2S/c1-2-6-16-11-18-17(10-15(16)5-1)9-14(12-21-18)13-22-19-7-3-4-8-20-19/h1-12H,13H2. The van der Waals surface area contributed by atoms with E-state index in [-0.39, 0.29) is 0 Å². The average molecular weight is 302 g/mol. The molecule has 0 spiro atoms. The first-order chi connectivity index (χ1) is 10.9. The summed E-state index contributed by atoms with van der Waals surface area (Å²) in [6.45, 7) is 0. The van der Waals surface area contributed by atoms with Gasteiger partial charge in [-0.3, -0.25) is 4.98 Å². The van der Waals surface area contributed by atoms with E-state index in [1.807, 2.05) is 30.6 Å². The van der Waals surface area contributed by atoms with Gasteiger partial charge in [-0.15, -0.1) is 11.8 Å². The third-order valence-corrected chi connectivity index (χ3v) is 4.64. The maximum absolute atomic E-state index is 4.61. The lowest BCUT2D eigenvalue weighted by Gasteiger charge is -2.05. The quantitative estimate of drug-likeness (QED) is 0.390. The number of thioether (sulfide) groups is 1. The van der Waals surface area contributed by atoms with Crippen molar-refractivity contribution < 1.29 is 0 Å². The van der Waals surface area contributed by atoms with E-state index in [9.17, 15) is 0 Å². The lowest BCUT2D eigenvalue weighted by Crippen LogP contribution is -1.87. The maximum Gasteiger partial charge on any atom is 0.0963 e. The van der Waals surface area contributed by atoms with Crippen molar-refractivity contribution in [3.8, 4) is 0 Å². The van der Waals surface area contributed by atoms with E-state index in [2.05, 4.69) is 52.4 Å². The second-order valence-corrected chi connectivity index (χ2v) is 6.19. The number of hydrogen-bond donors (Lipinski definition) is 0. The maximum atomic E-state index is 4.61. The molecule has 0 radical (unpaired) electrons. The van der Waals surface area contributed by atoms with Gasteiger partial charge < -0.3 is 0 Å². The molecule has 0 aliphatic rings. The van der Waals surface area contributed by atoms with E-state index in [1.54, 1.807) is 11.8 Å². The fourth-order valence-corrected chi connectivity index (χ4v) is 3.31. The fourth-order valence-electron chi connectivity index (χ4n) is 2.53. The van der Waals surface area contributed by atoms with Crippen LogP contribution in [0, 0.1) is 0 Å². The SMILES string of the molecule is c1ccc(SCc2cnc3cc4ccccc4cc3c2)nc1. The van der Waals surface area contributed by atoms with Gasteiger partial charge in [-0.1, -0.05) is 30.3 Å². The van der Waals surface area contributed by atoms with Gasteiger partial charge >= 0.3 is 0 Å². The van der Waals surface area contributed by atoms with Crippen molar-refractivity contribution in [2.24, 2.45) is 0 Å². The Morgan fingerprint density at radius 1 is 0.773 bits per heavy atom.